The molecule has 7 rings (SSSR count). The van der Waals surface area contributed by atoms with Gasteiger partial charge < -0.3 is 20.4 Å². The predicted octanol–water partition coefficient (Wildman–Crippen LogP) is 5.72. The number of methoxy groups -OCH3 is 1. The maximum absolute atomic E-state index is 14.1. The molecule has 2 aromatic carbocycles. The summed E-state index contributed by atoms with van der Waals surface area (Å²) < 4.78 is 34.0. The van der Waals surface area contributed by atoms with Crippen LogP contribution >= 0.6 is 0 Å². The number of halogens is 2. The van der Waals surface area contributed by atoms with Gasteiger partial charge in [-0.05, 0) is 85.4 Å². The third-order valence-electron chi connectivity index (χ3n) is 10.2. The minimum Gasteiger partial charge on any atom is -0.496 e. The van der Waals surface area contributed by atoms with Crippen LogP contribution in [0.3, 0.4) is 0 Å². The van der Waals surface area contributed by atoms with Crippen molar-refractivity contribution in [3.63, 3.8) is 0 Å². The van der Waals surface area contributed by atoms with E-state index in [0.29, 0.717) is 23.9 Å². The number of aromatic nitrogens is 1. The van der Waals surface area contributed by atoms with Crippen LogP contribution in [0.5, 0.6) is 5.75 Å². The molecule has 2 spiro atoms. The highest BCUT2D eigenvalue weighted by atomic mass is 19.3. The summed E-state index contributed by atoms with van der Waals surface area (Å²) in [7, 11) is 1.70. The number of carbonyl (C=O) groups is 1. The van der Waals surface area contributed by atoms with E-state index in [4.69, 9.17) is 4.74 Å². The van der Waals surface area contributed by atoms with Gasteiger partial charge in [0.2, 0.25) is 5.92 Å². The molecule has 0 radical (unpaired) electrons. The second kappa shape index (κ2) is 9.28. The fourth-order valence-corrected chi connectivity index (χ4v) is 8.03. The number of nitrogens with zero attached hydrogens (tertiary/aromatic N) is 1. The quantitative estimate of drug-likeness (QED) is 0.369. The van der Waals surface area contributed by atoms with Crippen molar-refractivity contribution in [1.29, 1.82) is 0 Å². The van der Waals surface area contributed by atoms with E-state index in [0.717, 1.165) is 72.2 Å². The van der Waals surface area contributed by atoms with Gasteiger partial charge in [-0.25, -0.2) is 8.78 Å². The van der Waals surface area contributed by atoms with Crippen LogP contribution in [0.25, 0.3) is 10.9 Å². The molecule has 1 amide bonds. The van der Waals surface area contributed by atoms with E-state index in [9.17, 15) is 13.6 Å². The number of hydrogen-bond donors (Lipinski definition) is 3. The summed E-state index contributed by atoms with van der Waals surface area (Å²) in [5.74, 6) is -1.74. The Morgan fingerprint density at radius 3 is 2.50 bits per heavy atom. The van der Waals surface area contributed by atoms with Crippen LogP contribution in [0.1, 0.15) is 71.6 Å². The molecular formula is C32H38F2N4O2. The van der Waals surface area contributed by atoms with Gasteiger partial charge in [-0.15, -0.1) is 0 Å². The van der Waals surface area contributed by atoms with Crippen LogP contribution in [-0.2, 0) is 6.54 Å². The number of ether oxygens (including phenoxy) is 1. The fraction of sp³-hybridized carbons (Fsp3) is 0.531. The van der Waals surface area contributed by atoms with E-state index >= 15 is 0 Å². The van der Waals surface area contributed by atoms with Crippen LogP contribution in [0.4, 0.5) is 8.78 Å². The van der Waals surface area contributed by atoms with Crippen molar-refractivity contribution in [2.75, 3.05) is 26.7 Å². The molecule has 0 unspecified atom stereocenters. The number of H-pyrrole nitrogens is 1. The van der Waals surface area contributed by atoms with Crippen molar-refractivity contribution >= 4 is 16.8 Å². The lowest BCUT2D eigenvalue weighted by molar-refractivity contribution is -0.186. The molecule has 2 aliphatic carbocycles. The Morgan fingerprint density at radius 2 is 1.85 bits per heavy atom. The number of likely N-dealkylation sites (tertiary alicyclic amines) is 1. The first-order valence-electron chi connectivity index (χ1n) is 14.5. The smallest absolute Gasteiger partial charge is 0.251 e. The van der Waals surface area contributed by atoms with Gasteiger partial charge >= 0.3 is 0 Å². The number of rotatable bonds is 6. The van der Waals surface area contributed by atoms with E-state index in [1.165, 1.54) is 0 Å². The number of fused-ring (bicyclic) bond motifs is 1. The summed E-state index contributed by atoms with van der Waals surface area (Å²) in [5.41, 5.74) is 5.15. The minimum atomic E-state index is -2.55. The molecule has 3 N–H and O–H groups in total. The average Bonchev–Trinajstić information content (AvgIpc) is 3.37. The first-order chi connectivity index (χ1) is 19.2. The summed E-state index contributed by atoms with van der Waals surface area (Å²) in [5, 5.41) is 7.66. The molecule has 2 saturated carbocycles. The van der Waals surface area contributed by atoms with Crippen molar-refractivity contribution in [3.05, 3.63) is 64.8 Å². The molecule has 3 heterocycles. The SMILES string of the molecule is COc1cc(C)c2[nH]ccc2c1CN1CCC2(C[C@@H]1c1ccc(C(=O)NC3CC4(CNC4)C3)cc1)CC(F)(F)C2. The normalized spacial score (nSPS) is 24.9. The van der Waals surface area contributed by atoms with Gasteiger partial charge in [0.25, 0.3) is 5.91 Å². The lowest BCUT2D eigenvalue weighted by Crippen LogP contribution is -2.65. The van der Waals surface area contributed by atoms with Gasteiger partial charge in [-0.3, -0.25) is 9.69 Å². The van der Waals surface area contributed by atoms with Crippen LogP contribution < -0.4 is 15.4 Å². The van der Waals surface area contributed by atoms with Crippen LogP contribution in [0, 0.1) is 17.8 Å². The average molecular weight is 549 g/mol. The summed E-state index contributed by atoms with van der Waals surface area (Å²) in [6.45, 7) is 5.59. The molecule has 3 aromatic rings. The number of piperidine rings is 1. The Labute approximate surface area is 233 Å². The number of amides is 1. The summed E-state index contributed by atoms with van der Waals surface area (Å²) in [4.78, 5) is 18.7. The maximum atomic E-state index is 14.1. The first-order valence-corrected chi connectivity index (χ1v) is 14.5. The van der Waals surface area contributed by atoms with Gasteiger partial charge in [0.15, 0.2) is 0 Å². The predicted molar refractivity (Wildman–Crippen MR) is 151 cm³/mol. The Kier molecular flexibility index (Phi) is 6.02. The van der Waals surface area contributed by atoms with Crippen LogP contribution in [-0.4, -0.2) is 54.5 Å². The first kappa shape index (κ1) is 26.0. The highest BCUT2D eigenvalue weighted by molar-refractivity contribution is 5.94. The maximum Gasteiger partial charge on any atom is 0.251 e. The van der Waals surface area contributed by atoms with E-state index in [1.54, 1.807) is 7.11 Å². The summed E-state index contributed by atoms with van der Waals surface area (Å²) in [6, 6.07) is 12.2. The molecule has 40 heavy (non-hydrogen) atoms. The van der Waals surface area contributed by atoms with Crippen LogP contribution in [0.15, 0.2) is 42.6 Å². The zero-order chi connectivity index (χ0) is 27.7. The standard InChI is InChI=1S/C32H38F2N4O2/c1-20-11-27(40-2)25(24-7-9-36-28(20)24)15-38-10-8-30(16-32(33,34)17-30)14-26(38)21-3-5-22(6-4-21)29(39)37-23-12-31(13-23)18-35-19-31/h3-7,9,11,23,26,35-36H,8,10,12-19H2,1-2H3,(H,37,39)/t26-/m1/s1. The van der Waals surface area contributed by atoms with Gasteiger partial charge in [-0.1, -0.05) is 12.1 Å². The molecular weight excluding hydrogens is 510 g/mol. The molecule has 4 aliphatic rings. The second-order valence-corrected chi connectivity index (χ2v) is 13.1. The van der Waals surface area contributed by atoms with E-state index in [2.05, 4.69) is 39.6 Å². The van der Waals surface area contributed by atoms with E-state index in [-0.39, 0.29) is 36.2 Å². The van der Waals surface area contributed by atoms with Crippen LogP contribution in [0.2, 0.25) is 0 Å². The molecule has 0 bridgehead atoms. The molecule has 2 aliphatic heterocycles. The van der Waals surface area contributed by atoms with Gasteiger partial charge in [-0.2, -0.15) is 0 Å². The number of alkyl halides is 2. The highest BCUT2D eigenvalue weighted by Gasteiger charge is 2.58. The third kappa shape index (κ3) is 4.40. The topological polar surface area (TPSA) is 69.4 Å². The van der Waals surface area contributed by atoms with Gasteiger partial charge in [0, 0.05) is 72.8 Å². The molecule has 1 atom stereocenters. The van der Waals surface area contributed by atoms with Crippen molar-refractivity contribution < 1.29 is 18.3 Å². The molecule has 2 saturated heterocycles. The zero-order valence-electron chi connectivity index (χ0n) is 23.3. The lowest BCUT2D eigenvalue weighted by atomic mass is 9.59. The van der Waals surface area contributed by atoms with Gasteiger partial charge in [0.05, 0.1) is 7.11 Å². The molecule has 6 nitrogen and oxygen atoms in total. The fourth-order valence-electron chi connectivity index (χ4n) is 8.03. The minimum absolute atomic E-state index is 0.0143. The molecule has 1 aromatic heterocycles. The third-order valence-corrected chi connectivity index (χ3v) is 10.2. The Bertz CT molecular complexity index is 1430. The van der Waals surface area contributed by atoms with Crippen molar-refractivity contribution in [2.24, 2.45) is 10.8 Å². The Balaban J connectivity index is 1.13. The van der Waals surface area contributed by atoms with Crippen molar-refractivity contribution in [1.82, 2.24) is 20.5 Å². The molecule has 4 fully saturated rings. The zero-order valence-corrected chi connectivity index (χ0v) is 23.3. The highest BCUT2D eigenvalue weighted by Crippen LogP contribution is 2.60. The summed E-state index contributed by atoms with van der Waals surface area (Å²) in [6.07, 6.45) is 5.45. The van der Waals surface area contributed by atoms with Crippen molar-refractivity contribution in [2.45, 2.75) is 70.0 Å². The number of hydrogen-bond acceptors (Lipinski definition) is 4. The second-order valence-electron chi connectivity index (χ2n) is 13.1. The molecule has 212 valence electrons. The lowest BCUT2D eigenvalue weighted by Gasteiger charge is -2.54. The Hall–Kier alpha value is -2.97. The van der Waals surface area contributed by atoms with E-state index in [1.807, 2.05) is 30.5 Å². The number of nitrogens with one attached hydrogen (secondary N) is 3. The number of carbonyl (C=O) groups excluding carboxylic acids is 1. The number of aromatic amines is 1. The largest absolute Gasteiger partial charge is 0.496 e. The number of aryl methyl sites for hydroxylation is 1. The van der Waals surface area contributed by atoms with Gasteiger partial charge in [0.1, 0.15) is 5.75 Å². The number of benzene rings is 2. The van der Waals surface area contributed by atoms with E-state index < -0.39 is 5.92 Å². The molecule has 8 heteroatoms. The Morgan fingerprint density at radius 1 is 1.10 bits per heavy atom. The van der Waals surface area contributed by atoms with Crippen molar-refractivity contribution in [3.8, 4) is 5.75 Å². The summed E-state index contributed by atoms with van der Waals surface area (Å²) >= 11 is 0. The monoisotopic (exact) mass is 548 g/mol.